The zero-order valence-electron chi connectivity index (χ0n) is 30.2. The Bertz CT molecular complexity index is 2100. The second kappa shape index (κ2) is 12.8. The number of piperidine rings is 1. The molecule has 1 N–H and O–H groups in total. The molecule has 5 aromatic carbocycles. The highest BCUT2D eigenvalue weighted by atomic mass is 16.6. The van der Waals surface area contributed by atoms with Gasteiger partial charge in [-0.25, -0.2) is 0 Å². The molecular weight excluding hydrogens is 677 g/mol. The average molecular weight is 721 g/mol. The first-order valence-electron chi connectivity index (χ1n) is 19.4. The summed E-state index contributed by atoms with van der Waals surface area (Å²) >= 11 is 0. The van der Waals surface area contributed by atoms with E-state index in [0.717, 1.165) is 48.2 Å². The lowest BCUT2D eigenvalue weighted by molar-refractivity contribution is -0.386. The van der Waals surface area contributed by atoms with Gasteiger partial charge in [-0.2, -0.15) is 0 Å². The average Bonchev–Trinajstić information content (AvgIpc) is 3.96. The van der Waals surface area contributed by atoms with Gasteiger partial charge in [0, 0.05) is 40.9 Å². The van der Waals surface area contributed by atoms with Crippen molar-refractivity contribution in [1.82, 2.24) is 4.90 Å². The van der Waals surface area contributed by atoms with E-state index in [1.165, 1.54) is 24.5 Å². The summed E-state index contributed by atoms with van der Waals surface area (Å²) in [5.41, 5.74) is 2.99. The van der Waals surface area contributed by atoms with Gasteiger partial charge in [0.2, 0.25) is 0 Å². The van der Waals surface area contributed by atoms with E-state index < -0.39 is 28.8 Å². The van der Waals surface area contributed by atoms with E-state index in [-0.39, 0.29) is 23.3 Å². The van der Waals surface area contributed by atoms with Crippen molar-refractivity contribution in [3.05, 3.63) is 171 Å². The molecule has 3 aliphatic carbocycles. The number of para-hydroxylation sites is 1. The maximum Gasteiger partial charge on any atom is 0.274 e. The number of nitrogens with zero attached hydrogens (tertiary/aromatic N) is 2. The van der Waals surface area contributed by atoms with Crippen molar-refractivity contribution in [3.8, 4) is 11.5 Å². The van der Waals surface area contributed by atoms with Gasteiger partial charge in [0.05, 0.1) is 34.2 Å². The molecule has 2 heterocycles. The summed E-state index contributed by atoms with van der Waals surface area (Å²) in [6, 6.07) is 42.0. The van der Waals surface area contributed by atoms with E-state index in [1.54, 1.807) is 12.1 Å². The third kappa shape index (κ3) is 5.00. The predicted octanol–water partition coefficient (Wildman–Crippen LogP) is 8.12. The van der Waals surface area contributed by atoms with Crippen LogP contribution in [0.1, 0.15) is 65.5 Å². The molecule has 8 heteroatoms. The molecule has 2 aliphatic heterocycles. The molecule has 0 aromatic heterocycles. The summed E-state index contributed by atoms with van der Waals surface area (Å²) < 4.78 is 21.5. The van der Waals surface area contributed by atoms with Crippen molar-refractivity contribution < 1.29 is 24.2 Å². The number of benzene rings is 5. The van der Waals surface area contributed by atoms with E-state index >= 15 is 0 Å². The Kier molecular flexibility index (Phi) is 7.95. The van der Waals surface area contributed by atoms with Crippen molar-refractivity contribution in [2.45, 2.75) is 80.0 Å². The summed E-state index contributed by atoms with van der Waals surface area (Å²) in [7, 11) is 0. The summed E-state index contributed by atoms with van der Waals surface area (Å²) in [6.07, 6.45) is 4.24. The summed E-state index contributed by atoms with van der Waals surface area (Å²) in [6.45, 7) is 1.97. The van der Waals surface area contributed by atoms with Crippen LogP contribution >= 0.6 is 0 Å². The van der Waals surface area contributed by atoms with Crippen molar-refractivity contribution in [3.63, 3.8) is 0 Å². The Morgan fingerprint density at radius 3 is 2.07 bits per heavy atom. The Morgan fingerprint density at radius 2 is 1.44 bits per heavy atom. The van der Waals surface area contributed by atoms with Gasteiger partial charge in [-0.05, 0) is 68.7 Å². The highest BCUT2D eigenvalue weighted by molar-refractivity contribution is 5.64. The maximum absolute atomic E-state index is 13.3. The highest BCUT2D eigenvalue weighted by Gasteiger charge is 2.73. The SMILES string of the molecule is O=[N+]([O-])c1ccccc1CO[C@@H]1CC[C@@]2(O)[C@H]3Cc4ccc(OC(c5ccccc5)(c5ccccc5)c5ccccc5)c5c4[C@@]2(CCN3CC2CC2)[C@H]1O5. The minimum Gasteiger partial charge on any atom is -0.482 e. The molecule has 54 heavy (non-hydrogen) atoms. The number of nitro benzene ring substituents is 1. The smallest absolute Gasteiger partial charge is 0.274 e. The van der Waals surface area contributed by atoms with Crippen LogP contribution in [0.4, 0.5) is 5.69 Å². The third-order valence-electron chi connectivity index (χ3n) is 13.1. The Balaban J connectivity index is 1.12. The molecule has 1 spiro atoms. The lowest BCUT2D eigenvalue weighted by Gasteiger charge is -2.64. The lowest BCUT2D eigenvalue weighted by Crippen LogP contribution is -2.77. The van der Waals surface area contributed by atoms with Gasteiger partial charge in [0.25, 0.3) is 5.69 Å². The van der Waals surface area contributed by atoms with Gasteiger partial charge in [0.1, 0.15) is 6.10 Å². The van der Waals surface area contributed by atoms with Crippen LogP contribution in [0, 0.1) is 16.0 Å². The first-order valence-corrected chi connectivity index (χ1v) is 19.4. The van der Waals surface area contributed by atoms with Crippen LogP contribution in [0.15, 0.2) is 127 Å². The number of hydrogen-bond donors (Lipinski definition) is 1. The van der Waals surface area contributed by atoms with Gasteiger partial charge in [-0.3, -0.25) is 15.0 Å². The summed E-state index contributed by atoms with van der Waals surface area (Å²) in [5, 5.41) is 25.2. The zero-order valence-corrected chi connectivity index (χ0v) is 30.2. The predicted molar refractivity (Wildman–Crippen MR) is 205 cm³/mol. The minimum atomic E-state index is -1.03. The van der Waals surface area contributed by atoms with E-state index in [9.17, 15) is 15.2 Å². The van der Waals surface area contributed by atoms with Crippen LogP contribution in [0.25, 0.3) is 0 Å². The van der Waals surface area contributed by atoms with Gasteiger partial charge in [-0.1, -0.05) is 109 Å². The monoisotopic (exact) mass is 720 g/mol. The number of likely N-dealkylation sites (tertiary alicyclic amines) is 1. The standard InChI is InChI=1S/C46H44N2O6/c49-45-25-24-39(52-30-33-12-10-11-19-37(33)48(50)51)43-44(45)26-27-47(29-31-20-21-31)40(45)28-32-22-23-38(42(53-43)41(32)44)54-46(34-13-4-1-5-14-34,35-15-6-2-7-16-35)36-17-8-3-9-18-36/h1-19,22-23,31,39-40,43,49H,20-21,24-30H2/t39-,40-,43+,44+,45-/m1/s1. The molecule has 5 aliphatic rings. The molecule has 0 amide bonds. The minimum absolute atomic E-state index is 0.0311. The van der Waals surface area contributed by atoms with Gasteiger partial charge < -0.3 is 19.3 Å². The molecule has 3 fully saturated rings. The van der Waals surface area contributed by atoms with Crippen molar-refractivity contribution in [2.75, 3.05) is 13.1 Å². The normalized spacial score (nSPS) is 26.8. The number of nitro groups is 1. The van der Waals surface area contributed by atoms with E-state index in [0.29, 0.717) is 35.8 Å². The molecule has 2 saturated carbocycles. The van der Waals surface area contributed by atoms with Crippen LogP contribution in [0.5, 0.6) is 11.5 Å². The van der Waals surface area contributed by atoms with Crippen LogP contribution in [0.2, 0.25) is 0 Å². The molecule has 10 rings (SSSR count). The quantitative estimate of drug-likeness (QED) is 0.0837. The van der Waals surface area contributed by atoms with Crippen LogP contribution in [0.3, 0.4) is 0 Å². The van der Waals surface area contributed by atoms with Crippen molar-refractivity contribution in [1.29, 1.82) is 0 Å². The second-order valence-electron chi connectivity index (χ2n) is 15.9. The molecule has 2 bridgehead atoms. The third-order valence-corrected chi connectivity index (χ3v) is 13.1. The van der Waals surface area contributed by atoms with Crippen molar-refractivity contribution >= 4 is 5.69 Å². The van der Waals surface area contributed by atoms with Crippen molar-refractivity contribution in [2.24, 2.45) is 5.92 Å². The Hall–Kier alpha value is -5.02. The largest absolute Gasteiger partial charge is 0.482 e. The maximum atomic E-state index is 13.3. The van der Waals surface area contributed by atoms with Crippen LogP contribution < -0.4 is 9.47 Å². The second-order valence-corrected chi connectivity index (χ2v) is 15.9. The van der Waals surface area contributed by atoms with E-state index in [4.69, 9.17) is 14.2 Å². The number of hydrogen-bond acceptors (Lipinski definition) is 7. The fraction of sp³-hybridized carbons (Fsp3) is 0.348. The zero-order chi connectivity index (χ0) is 36.5. The van der Waals surface area contributed by atoms with Gasteiger partial charge in [-0.15, -0.1) is 0 Å². The number of aliphatic hydroxyl groups is 1. The molecule has 0 unspecified atom stereocenters. The Morgan fingerprint density at radius 1 is 0.815 bits per heavy atom. The molecule has 8 nitrogen and oxygen atoms in total. The first kappa shape index (κ1) is 33.5. The molecule has 1 saturated heterocycles. The van der Waals surface area contributed by atoms with Crippen LogP contribution in [-0.2, 0) is 28.8 Å². The van der Waals surface area contributed by atoms with E-state index in [1.807, 2.05) is 60.7 Å². The first-order chi connectivity index (χ1) is 26.4. The highest BCUT2D eigenvalue weighted by Crippen LogP contribution is 2.66. The molecule has 0 radical (unpaired) electrons. The lowest BCUT2D eigenvalue weighted by atomic mass is 9.48. The molecule has 274 valence electrons. The fourth-order valence-electron chi connectivity index (χ4n) is 10.5. The molecule has 5 atom stereocenters. The topological polar surface area (TPSA) is 94.3 Å². The van der Waals surface area contributed by atoms with Gasteiger partial charge in [0.15, 0.2) is 17.1 Å². The van der Waals surface area contributed by atoms with Crippen LogP contribution in [-0.4, -0.2) is 51.9 Å². The fourth-order valence-corrected chi connectivity index (χ4v) is 10.5. The molecule has 5 aromatic rings. The Labute approximate surface area is 315 Å². The number of rotatable bonds is 11. The van der Waals surface area contributed by atoms with E-state index in [2.05, 4.69) is 53.4 Å². The number of ether oxygens (including phenoxy) is 3. The molecular formula is C46H44N2O6. The van der Waals surface area contributed by atoms with Gasteiger partial charge >= 0.3 is 0 Å². The summed E-state index contributed by atoms with van der Waals surface area (Å²) in [5.74, 6) is 2.00. The summed E-state index contributed by atoms with van der Waals surface area (Å²) in [4.78, 5) is 14.1.